The van der Waals surface area contributed by atoms with E-state index in [0.29, 0.717) is 0 Å². The molecule has 2 aliphatic rings. The Labute approximate surface area is 258 Å². The summed E-state index contributed by atoms with van der Waals surface area (Å²) in [5.41, 5.74) is -0.479. The number of nitrogens with zero attached hydrogens (tertiary/aromatic N) is 2. The highest BCUT2D eigenvalue weighted by Crippen LogP contribution is 2.27. The largest absolute Gasteiger partial charge is 0.467 e. The van der Waals surface area contributed by atoms with Crippen LogP contribution in [0, 0.1) is 6.92 Å². The van der Waals surface area contributed by atoms with Crippen LogP contribution in [0.25, 0.3) is 0 Å². The zero-order chi connectivity index (χ0) is 33.6. The molecule has 0 saturated carbocycles. The van der Waals surface area contributed by atoms with Crippen molar-refractivity contribution < 1.29 is 55.8 Å². The molecule has 2 heterocycles. The quantitative estimate of drug-likeness (QED) is 0.282. The van der Waals surface area contributed by atoms with E-state index in [1.54, 1.807) is 53.7 Å². The molecule has 14 nitrogen and oxygen atoms in total. The van der Waals surface area contributed by atoms with Crippen LogP contribution in [0.3, 0.4) is 0 Å². The number of rotatable bonds is 5. The van der Waals surface area contributed by atoms with Crippen LogP contribution in [0.5, 0.6) is 0 Å². The fourth-order valence-electron chi connectivity index (χ4n) is 4.38. The molecule has 0 bridgehead atoms. The van der Waals surface area contributed by atoms with Gasteiger partial charge in [-0.3, -0.25) is 14.0 Å². The minimum Gasteiger partial charge on any atom is -0.467 e. The van der Waals surface area contributed by atoms with Gasteiger partial charge in [0.1, 0.15) is 23.3 Å². The van der Waals surface area contributed by atoms with E-state index in [1.165, 1.54) is 31.3 Å². The Morgan fingerprint density at radius 1 is 0.773 bits per heavy atom. The smallest absolute Gasteiger partial charge is 0.411 e. The molecule has 2 saturated heterocycles. The number of likely N-dealkylation sites (tertiary alicyclic amines) is 2. The fourth-order valence-corrected chi connectivity index (χ4v) is 5.46. The molecule has 2 aliphatic heterocycles. The molecule has 1 aromatic carbocycles. The fraction of sp³-hybridized carbons (Fsp3) is 0.655. The van der Waals surface area contributed by atoms with Crippen molar-refractivity contribution in [1.29, 1.82) is 0 Å². The molecule has 44 heavy (non-hydrogen) atoms. The topological polar surface area (TPSA) is 175 Å². The lowest BCUT2D eigenvalue weighted by Gasteiger charge is -2.27. The normalized spacial score (nSPS) is 22.0. The van der Waals surface area contributed by atoms with Crippen molar-refractivity contribution in [2.24, 2.45) is 0 Å². The van der Waals surface area contributed by atoms with E-state index in [0.717, 1.165) is 10.5 Å². The third-order valence-corrected chi connectivity index (χ3v) is 7.69. The van der Waals surface area contributed by atoms with E-state index in [-0.39, 0.29) is 30.8 Å². The number of aryl methyl sites for hydroxylation is 1. The van der Waals surface area contributed by atoms with Crippen LogP contribution in [-0.4, -0.2) is 110 Å². The number of hydrogen-bond donors (Lipinski definition) is 1. The van der Waals surface area contributed by atoms with Gasteiger partial charge >= 0.3 is 24.1 Å². The summed E-state index contributed by atoms with van der Waals surface area (Å²) in [5, 5.41) is 9.50. The number of methoxy groups -OCH3 is 2. The van der Waals surface area contributed by atoms with Crippen molar-refractivity contribution in [2.75, 3.05) is 27.3 Å². The van der Waals surface area contributed by atoms with Gasteiger partial charge in [-0.25, -0.2) is 19.2 Å². The Morgan fingerprint density at radius 2 is 1.20 bits per heavy atom. The van der Waals surface area contributed by atoms with Gasteiger partial charge in [-0.15, -0.1) is 0 Å². The van der Waals surface area contributed by atoms with Gasteiger partial charge in [0.25, 0.3) is 10.1 Å². The average molecular weight is 645 g/mol. The van der Waals surface area contributed by atoms with Crippen LogP contribution < -0.4 is 0 Å². The Morgan fingerprint density at radius 3 is 1.64 bits per heavy atom. The Balaban J connectivity index is 0.000000342. The van der Waals surface area contributed by atoms with Crippen molar-refractivity contribution in [1.82, 2.24) is 9.80 Å². The molecule has 0 radical (unpaired) electrons. The summed E-state index contributed by atoms with van der Waals surface area (Å²) in [4.78, 5) is 50.1. The molecular formula is C29H44N2O12S. The third-order valence-electron chi connectivity index (χ3n) is 6.32. The highest BCUT2D eigenvalue weighted by Gasteiger charge is 2.44. The summed E-state index contributed by atoms with van der Waals surface area (Å²) in [6.45, 7) is 12.2. The molecule has 2 fully saturated rings. The second-order valence-corrected chi connectivity index (χ2v) is 14.0. The van der Waals surface area contributed by atoms with Gasteiger partial charge in [0.15, 0.2) is 0 Å². The van der Waals surface area contributed by atoms with E-state index in [2.05, 4.69) is 4.74 Å². The molecule has 0 unspecified atom stereocenters. The van der Waals surface area contributed by atoms with Crippen molar-refractivity contribution in [3.8, 4) is 0 Å². The molecule has 3 rings (SSSR count). The van der Waals surface area contributed by atoms with Crippen LogP contribution in [0.15, 0.2) is 29.2 Å². The second kappa shape index (κ2) is 14.6. The number of hydrogen-bond acceptors (Lipinski definition) is 12. The summed E-state index contributed by atoms with van der Waals surface area (Å²) >= 11 is 0. The molecule has 4 atom stereocenters. The summed E-state index contributed by atoms with van der Waals surface area (Å²) in [6.07, 6.45) is -2.75. The summed E-state index contributed by atoms with van der Waals surface area (Å²) in [6, 6.07) is 4.49. The average Bonchev–Trinajstić information content (AvgIpc) is 3.50. The standard InChI is InChI=1S/C18H25NO7S.C11H19NO5/c1-12-6-8-14(9-7-12)27(22,23)26-13-10-15(16(20)24-5)19(11-13)17(21)25-18(2,3)4;1-11(2,3)17-10(15)12-6-7(13)5-8(12)9(14)16-4/h6-9,13,15H,10-11H2,1-5H3;7-8,13H,5-6H2,1-4H3/t13-,15+;7-,8-/m10/s1. The minimum atomic E-state index is -4.03. The van der Waals surface area contributed by atoms with Crippen molar-refractivity contribution >= 4 is 34.2 Å². The van der Waals surface area contributed by atoms with Gasteiger partial charge in [0.05, 0.1) is 44.4 Å². The maximum absolute atomic E-state index is 12.5. The maximum atomic E-state index is 12.5. The molecule has 0 spiro atoms. The minimum absolute atomic E-state index is 0.00297. The molecule has 1 aromatic rings. The van der Waals surface area contributed by atoms with E-state index in [9.17, 15) is 32.7 Å². The molecule has 2 amide bonds. The van der Waals surface area contributed by atoms with Gasteiger partial charge in [0, 0.05) is 12.8 Å². The summed E-state index contributed by atoms with van der Waals surface area (Å²) in [5.74, 6) is -1.19. The monoisotopic (exact) mass is 644 g/mol. The highest BCUT2D eigenvalue weighted by atomic mass is 32.2. The molecule has 15 heteroatoms. The summed E-state index contributed by atoms with van der Waals surface area (Å²) in [7, 11) is -1.58. The number of aliphatic hydroxyl groups excluding tert-OH is 1. The Kier molecular flexibility index (Phi) is 12.2. The first-order valence-electron chi connectivity index (χ1n) is 14.0. The number of β-amino-alcohol motifs (C(OH)–C–C–N with tert-alkyl or cyclic N) is 1. The zero-order valence-electron chi connectivity index (χ0n) is 26.7. The van der Waals surface area contributed by atoms with Gasteiger partial charge in [-0.05, 0) is 60.6 Å². The second-order valence-electron chi connectivity index (χ2n) is 12.5. The lowest BCUT2D eigenvalue weighted by Crippen LogP contribution is -2.44. The van der Waals surface area contributed by atoms with E-state index >= 15 is 0 Å². The molecular weight excluding hydrogens is 600 g/mol. The van der Waals surface area contributed by atoms with Crippen LogP contribution in [0.4, 0.5) is 9.59 Å². The SMILES string of the molecule is COC(=O)[C@@H]1C[C@@H](OS(=O)(=O)c2ccc(C)cc2)CN1C(=O)OC(C)(C)C.COC(=O)[C@@H]1C[C@H](O)CN1C(=O)OC(C)(C)C. The number of carbonyl (C=O) groups is 4. The highest BCUT2D eigenvalue weighted by molar-refractivity contribution is 7.86. The van der Waals surface area contributed by atoms with Crippen LogP contribution in [-0.2, 0) is 42.8 Å². The van der Waals surface area contributed by atoms with Crippen molar-refractivity contribution in [3.05, 3.63) is 29.8 Å². The molecule has 0 aromatic heterocycles. The number of aliphatic hydroxyl groups is 1. The third kappa shape index (κ3) is 10.6. The lowest BCUT2D eigenvalue weighted by molar-refractivity contribution is -0.146. The first-order valence-corrected chi connectivity index (χ1v) is 15.4. The van der Waals surface area contributed by atoms with Gasteiger partial charge < -0.3 is 24.1 Å². The first kappa shape index (κ1) is 36.8. The van der Waals surface area contributed by atoms with Crippen LogP contribution >= 0.6 is 0 Å². The molecule has 0 aliphatic carbocycles. The van der Waals surface area contributed by atoms with Gasteiger partial charge in [0.2, 0.25) is 0 Å². The first-order chi connectivity index (χ1) is 20.2. The number of ether oxygens (including phenoxy) is 4. The van der Waals surface area contributed by atoms with Gasteiger partial charge in [-0.1, -0.05) is 17.7 Å². The molecule has 1 N–H and O–H groups in total. The Bertz CT molecular complexity index is 1280. The van der Waals surface area contributed by atoms with E-state index < -0.39 is 69.7 Å². The number of carbonyl (C=O) groups excluding carboxylic acids is 4. The van der Waals surface area contributed by atoms with E-state index in [4.69, 9.17) is 18.4 Å². The number of amides is 2. The van der Waals surface area contributed by atoms with Gasteiger partial charge in [-0.2, -0.15) is 8.42 Å². The molecule has 248 valence electrons. The zero-order valence-corrected chi connectivity index (χ0v) is 27.5. The predicted octanol–water partition coefficient (Wildman–Crippen LogP) is 2.78. The van der Waals surface area contributed by atoms with Crippen LogP contribution in [0.2, 0.25) is 0 Å². The number of esters is 2. The van der Waals surface area contributed by atoms with Crippen LogP contribution in [0.1, 0.15) is 59.9 Å². The maximum Gasteiger partial charge on any atom is 0.411 e. The summed E-state index contributed by atoms with van der Waals surface area (Å²) < 4.78 is 50.0. The lowest BCUT2D eigenvalue weighted by atomic mass is 10.2. The van der Waals surface area contributed by atoms with Crippen molar-refractivity contribution in [3.63, 3.8) is 0 Å². The van der Waals surface area contributed by atoms with Crippen molar-refractivity contribution in [2.45, 2.75) is 102 Å². The predicted molar refractivity (Wildman–Crippen MR) is 156 cm³/mol. The Hall–Kier alpha value is -3.43. The number of benzene rings is 1. The van der Waals surface area contributed by atoms with E-state index in [1.807, 2.05) is 6.92 Å².